The Labute approximate surface area is 142 Å². The number of pyridine rings is 1. The quantitative estimate of drug-likeness (QED) is 0.331. The van der Waals surface area contributed by atoms with Crippen LogP contribution in [0.5, 0.6) is 17.2 Å². The van der Waals surface area contributed by atoms with Gasteiger partial charge in [-0.2, -0.15) is 0 Å². The van der Waals surface area contributed by atoms with Crippen LogP contribution in [0.3, 0.4) is 0 Å². The van der Waals surface area contributed by atoms with Gasteiger partial charge in [0.2, 0.25) is 0 Å². The minimum absolute atomic E-state index is 0.0241. The fraction of sp³-hybridized carbons (Fsp3) is 0.0556. The third-order valence-corrected chi connectivity index (χ3v) is 3.68. The van der Waals surface area contributed by atoms with E-state index in [0.29, 0.717) is 5.39 Å². The van der Waals surface area contributed by atoms with Gasteiger partial charge >= 0.3 is 0 Å². The number of aromatic hydroxyl groups is 3. The van der Waals surface area contributed by atoms with Crippen molar-refractivity contribution in [1.82, 2.24) is 4.98 Å². The number of anilines is 1. The van der Waals surface area contributed by atoms with Crippen LogP contribution in [0.25, 0.3) is 10.9 Å². The van der Waals surface area contributed by atoms with Crippen LogP contribution < -0.4 is 5.32 Å². The lowest BCUT2D eigenvalue weighted by Crippen LogP contribution is -2.13. The van der Waals surface area contributed by atoms with Crippen molar-refractivity contribution in [2.45, 2.75) is 6.92 Å². The van der Waals surface area contributed by atoms with E-state index in [1.165, 1.54) is 37.3 Å². The highest BCUT2D eigenvalue weighted by Gasteiger charge is 2.15. The molecule has 0 atom stereocenters. The summed E-state index contributed by atoms with van der Waals surface area (Å²) in [5.41, 5.74) is 0.565. The number of Topliss-reactive ketones (excluding diaryl/α,β-unsaturated/α-hetero) is 1. The maximum Gasteiger partial charge on any atom is 0.274 e. The molecule has 4 N–H and O–H groups in total. The van der Waals surface area contributed by atoms with E-state index in [9.17, 15) is 24.9 Å². The lowest BCUT2D eigenvalue weighted by Gasteiger charge is -2.08. The molecule has 0 aliphatic heterocycles. The highest BCUT2D eigenvalue weighted by molar-refractivity contribution is 6.06. The molecule has 25 heavy (non-hydrogen) atoms. The van der Waals surface area contributed by atoms with E-state index < -0.39 is 5.91 Å². The highest BCUT2D eigenvalue weighted by Crippen LogP contribution is 2.29. The molecule has 126 valence electrons. The summed E-state index contributed by atoms with van der Waals surface area (Å²) >= 11 is 0. The smallest absolute Gasteiger partial charge is 0.274 e. The molecule has 0 fully saturated rings. The minimum atomic E-state index is -0.570. The predicted octanol–water partition coefficient (Wildman–Crippen LogP) is 2.81. The predicted molar refractivity (Wildman–Crippen MR) is 91.1 cm³/mol. The van der Waals surface area contributed by atoms with Gasteiger partial charge in [-0.1, -0.05) is 12.1 Å². The number of carbonyl (C=O) groups excluding carboxylic acids is 2. The first-order valence-electron chi connectivity index (χ1n) is 7.34. The average molecular weight is 338 g/mol. The van der Waals surface area contributed by atoms with E-state index in [2.05, 4.69) is 10.3 Å². The van der Waals surface area contributed by atoms with E-state index in [0.717, 1.165) is 0 Å². The second-order valence-electron chi connectivity index (χ2n) is 5.44. The Hall–Kier alpha value is -3.61. The van der Waals surface area contributed by atoms with Gasteiger partial charge in [-0.15, -0.1) is 0 Å². The van der Waals surface area contributed by atoms with Crippen LogP contribution in [-0.2, 0) is 0 Å². The second kappa shape index (κ2) is 6.12. The van der Waals surface area contributed by atoms with Gasteiger partial charge in [0.15, 0.2) is 23.0 Å². The maximum atomic E-state index is 12.3. The first kappa shape index (κ1) is 16.3. The van der Waals surface area contributed by atoms with Crippen LogP contribution in [0, 0.1) is 0 Å². The molecule has 0 bridgehead atoms. The molecule has 0 saturated heterocycles. The van der Waals surface area contributed by atoms with Gasteiger partial charge < -0.3 is 20.6 Å². The van der Waals surface area contributed by atoms with Crippen LogP contribution in [-0.4, -0.2) is 32.0 Å². The number of amides is 1. The van der Waals surface area contributed by atoms with Crippen LogP contribution in [0.1, 0.15) is 27.8 Å². The molecule has 1 amide bonds. The monoisotopic (exact) mass is 338 g/mol. The van der Waals surface area contributed by atoms with Crippen LogP contribution in [0.4, 0.5) is 5.69 Å². The average Bonchev–Trinajstić information content (AvgIpc) is 2.58. The van der Waals surface area contributed by atoms with E-state index in [1.54, 1.807) is 12.1 Å². The van der Waals surface area contributed by atoms with Crippen molar-refractivity contribution in [1.29, 1.82) is 0 Å². The van der Waals surface area contributed by atoms with Crippen molar-refractivity contribution in [2.75, 3.05) is 5.32 Å². The lowest BCUT2D eigenvalue weighted by molar-refractivity contribution is 0.101. The normalized spacial score (nSPS) is 10.6. The summed E-state index contributed by atoms with van der Waals surface area (Å²) in [5.74, 6) is -1.83. The number of rotatable bonds is 3. The number of benzene rings is 2. The molecule has 1 aromatic heterocycles. The third-order valence-electron chi connectivity index (χ3n) is 3.68. The van der Waals surface area contributed by atoms with Gasteiger partial charge in [-0.05, 0) is 31.2 Å². The number of nitrogens with zero attached hydrogens (tertiary/aromatic N) is 1. The number of carbonyl (C=O) groups is 2. The van der Waals surface area contributed by atoms with Gasteiger partial charge in [0.1, 0.15) is 11.2 Å². The molecule has 0 radical (unpaired) electrons. The fourth-order valence-corrected chi connectivity index (χ4v) is 2.38. The first-order chi connectivity index (χ1) is 11.9. The molecule has 1 heterocycles. The number of ketones is 1. The van der Waals surface area contributed by atoms with Crippen molar-refractivity contribution < 1.29 is 24.9 Å². The minimum Gasteiger partial charge on any atom is -0.505 e. The number of phenolic OH excluding ortho intramolecular Hbond substituents is 3. The lowest BCUT2D eigenvalue weighted by atomic mass is 10.1. The van der Waals surface area contributed by atoms with Crippen molar-refractivity contribution in [3.63, 3.8) is 0 Å². The van der Waals surface area contributed by atoms with Crippen LogP contribution >= 0.6 is 0 Å². The molecule has 0 unspecified atom stereocenters. The highest BCUT2D eigenvalue weighted by atomic mass is 16.3. The van der Waals surface area contributed by atoms with E-state index in [1.807, 2.05) is 0 Å². The summed E-state index contributed by atoms with van der Waals surface area (Å²) in [6.07, 6.45) is 0. The standard InChI is InChI=1S/C18H14N2O5/c1-9(21)12-5-2-10-3-6-13(20-16(10)17(12)24)18(25)19-11-4-7-14(22)15(23)8-11/h2-8,22-24H,1H3,(H,19,25). The molecule has 7 heteroatoms. The second-order valence-corrected chi connectivity index (χ2v) is 5.44. The molecule has 0 aliphatic carbocycles. The zero-order chi connectivity index (χ0) is 18.1. The number of hydrogen-bond acceptors (Lipinski definition) is 6. The molecule has 3 rings (SSSR count). The van der Waals surface area contributed by atoms with E-state index in [-0.39, 0.29) is 45.5 Å². The molecular weight excluding hydrogens is 324 g/mol. The number of fused-ring (bicyclic) bond motifs is 1. The Morgan fingerprint density at radius 2 is 1.68 bits per heavy atom. The molecule has 0 aliphatic rings. The fourth-order valence-electron chi connectivity index (χ4n) is 2.38. The Kier molecular flexibility index (Phi) is 3.98. The Balaban J connectivity index is 1.97. The summed E-state index contributed by atoms with van der Waals surface area (Å²) in [6, 6.07) is 10.1. The van der Waals surface area contributed by atoms with Crippen molar-refractivity contribution >= 4 is 28.3 Å². The molecule has 2 aromatic carbocycles. The van der Waals surface area contributed by atoms with E-state index in [4.69, 9.17) is 0 Å². The summed E-state index contributed by atoms with van der Waals surface area (Å²) < 4.78 is 0. The van der Waals surface area contributed by atoms with Crippen LogP contribution in [0.2, 0.25) is 0 Å². The summed E-state index contributed by atoms with van der Waals surface area (Å²) in [6.45, 7) is 1.33. The molecule has 7 nitrogen and oxygen atoms in total. The molecule has 0 saturated carbocycles. The van der Waals surface area contributed by atoms with Crippen LogP contribution in [0.15, 0.2) is 42.5 Å². The van der Waals surface area contributed by atoms with Crippen molar-refractivity contribution in [3.05, 3.63) is 53.7 Å². The Morgan fingerprint density at radius 3 is 2.36 bits per heavy atom. The third kappa shape index (κ3) is 3.07. The van der Waals surface area contributed by atoms with E-state index >= 15 is 0 Å². The Bertz CT molecular complexity index is 1010. The van der Waals surface area contributed by atoms with Gasteiger partial charge in [0, 0.05) is 17.1 Å². The van der Waals surface area contributed by atoms with Gasteiger partial charge in [0.05, 0.1) is 5.56 Å². The maximum absolute atomic E-state index is 12.3. The topological polar surface area (TPSA) is 120 Å². The summed E-state index contributed by atoms with van der Waals surface area (Å²) in [5, 5.41) is 32.1. The number of nitrogens with one attached hydrogen (secondary N) is 1. The zero-order valence-corrected chi connectivity index (χ0v) is 13.1. The first-order valence-corrected chi connectivity index (χ1v) is 7.34. The summed E-state index contributed by atoms with van der Waals surface area (Å²) in [4.78, 5) is 28.0. The van der Waals surface area contributed by atoms with Gasteiger partial charge in [-0.25, -0.2) is 4.98 Å². The van der Waals surface area contributed by atoms with Gasteiger partial charge in [0.25, 0.3) is 5.91 Å². The largest absolute Gasteiger partial charge is 0.505 e. The molecular formula is C18H14N2O5. The SMILES string of the molecule is CC(=O)c1ccc2ccc(C(=O)Nc3ccc(O)c(O)c3)nc2c1O. The number of phenols is 3. The van der Waals surface area contributed by atoms with Gasteiger partial charge in [-0.3, -0.25) is 9.59 Å². The molecule has 0 spiro atoms. The Morgan fingerprint density at radius 1 is 0.960 bits per heavy atom. The summed E-state index contributed by atoms with van der Waals surface area (Å²) in [7, 11) is 0. The zero-order valence-electron chi connectivity index (χ0n) is 13.1. The molecule has 3 aromatic rings. The number of aromatic nitrogens is 1. The van der Waals surface area contributed by atoms with Crippen molar-refractivity contribution in [2.24, 2.45) is 0 Å². The van der Waals surface area contributed by atoms with Crippen molar-refractivity contribution in [3.8, 4) is 17.2 Å². The number of hydrogen-bond donors (Lipinski definition) is 4.